The molecule has 2 aromatic carbocycles. The zero-order valence-corrected chi connectivity index (χ0v) is 17.7. The van der Waals surface area contributed by atoms with Gasteiger partial charge in [0, 0.05) is 55.9 Å². The molecule has 31 heavy (non-hydrogen) atoms. The first-order valence-electron chi connectivity index (χ1n) is 9.76. The van der Waals surface area contributed by atoms with E-state index in [2.05, 4.69) is 4.98 Å². The predicted molar refractivity (Wildman–Crippen MR) is 114 cm³/mol. The number of aryl methyl sites for hydroxylation is 1. The van der Waals surface area contributed by atoms with Gasteiger partial charge in [-0.1, -0.05) is 12.1 Å². The largest absolute Gasteiger partial charge is 0.296 e. The summed E-state index contributed by atoms with van der Waals surface area (Å²) in [5.74, 6) is -0.541. The number of pyridine rings is 1. The lowest BCUT2D eigenvalue weighted by Crippen LogP contribution is -2.48. The normalized spacial score (nSPS) is 15.9. The number of hydrogen-bond donors (Lipinski definition) is 0. The molecule has 3 aromatic rings. The van der Waals surface area contributed by atoms with Crippen LogP contribution < -0.4 is 0 Å². The fourth-order valence-electron chi connectivity index (χ4n) is 3.82. The van der Waals surface area contributed by atoms with Crippen LogP contribution in [0.4, 0.5) is 10.1 Å². The minimum Gasteiger partial charge on any atom is -0.296 e. The van der Waals surface area contributed by atoms with E-state index in [4.69, 9.17) is 0 Å². The summed E-state index contributed by atoms with van der Waals surface area (Å²) in [6.07, 6.45) is 1.64. The molecule has 0 radical (unpaired) electrons. The molecule has 4 rings (SSSR count). The van der Waals surface area contributed by atoms with E-state index in [9.17, 15) is 22.9 Å². The summed E-state index contributed by atoms with van der Waals surface area (Å²) in [5.41, 5.74) is 1.51. The first kappa shape index (κ1) is 21.3. The standard InChI is InChI=1S/C21H21FN4O4S/c1-15-11-16-3-2-4-20(21(16)23-13-15)31(29,30)25-9-7-24(8-10-25)14-17-12-18(22)5-6-19(17)26(27)28/h2-6,11-13H,7-10,14H2,1H3. The van der Waals surface area contributed by atoms with Gasteiger partial charge in [0.2, 0.25) is 10.0 Å². The van der Waals surface area contributed by atoms with Crippen molar-refractivity contribution in [3.8, 4) is 0 Å². The van der Waals surface area contributed by atoms with Crippen molar-refractivity contribution in [3.05, 3.63) is 75.7 Å². The maximum Gasteiger partial charge on any atom is 0.274 e. The fourth-order valence-corrected chi connectivity index (χ4v) is 5.41. The molecule has 1 aliphatic heterocycles. The van der Waals surface area contributed by atoms with Crippen LogP contribution in [0.5, 0.6) is 0 Å². The Morgan fingerprint density at radius 2 is 1.87 bits per heavy atom. The van der Waals surface area contributed by atoms with Crippen LogP contribution in [-0.4, -0.2) is 53.7 Å². The third kappa shape index (κ3) is 4.27. The van der Waals surface area contributed by atoms with Gasteiger partial charge in [0.25, 0.3) is 5.69 Å². The van der Waals surface area contributed by atoms with E-state index in [1.807, 2.05) is 24.0 Å². The van der Waals surface area contributed by atoms with Crippen LogP contribution in [0.15, 0.2) is 53.6 Å². The molecule has 1 fully saturated rings. The van der Waals surface area contributed by atoms with E-state index in [0.717, 1.165) is 29.1 Å². The number of halogens is 1. The first-order chi connectivity index (χ1) is 14.8. The van der Waals surface area contributed by atoms with Crippen LogP contribution in [0.2, 0.25) is 0 Å². The van der Waals surface area contributed by atoms with Crippen molar-refractivity contribution >= 4 is 26.6 Å². The summed E-state index contributed by atoms with van der Waals surface area (Å²) in [6, 6.07) is 10.4. The number of para-hydroxylation sites is 1. The second kappa shape index (κ2) is 8.29. The Bertz CT molecular complexity index is 1260. The molecule has 1 aliphatic rings. The molecule has 0 atom stereocenters. The van der Waals surface area contributed by atoms with Crippen LogP contribution in [0.1, 0.15) is 11.1 Å². The molecule has 0 amide bonds. The van der Waals surface area contributed by atoms with E-state index < -0.39 is 20.8 Å². The van der Waals surface area contributed by atoms with Crippen LogP contribution in [0.3, 0.4) is 0 Å². The fraction of sp³-hybridized carbons (Fsp3) is 0.286. The van der Waals surface area contributed by atoms with Crippen molar-refractivity contribution in [2.45, 2.75) is 18.4 Å². The van der Waals surface area contributed by atoms with Gasteiger partial charge in [0.15, 0.2) is 0 Å². The molecule has 0 bridgehead atoms. The lowest BCUT2D eigenvalue weighted by molar-refractivity contribution is -0.385. The highest BCUT2D eigenvalue weighted by Crippen LogP contribution is 2.27. The number of rotatable bonds is 5. The molecule has 10 heteroatoms. The Labute approximate surface area is 179 Å². The second-order valence-corrected chi connectivity index (χ2v) is 9.46. The molecule has 0 unspecified atom stereocenters. The van der Waals surface area contributed by atoms with Crippen LogP contribution in [0.25, 0.3) is 10.9 Å². The molecule has 8 nitrogen and oxygen atoms in total. The topological polar surface area (TPSA) is 96.7 Å². The third-order valence-corrected chi connectivity index (χ3v) is 7.32. The van der Waals surface area contributed by atoms with Gasteiger partial charge in [0.05, 0.1) is 10.4 Å². The van der Waals surface area contributed by atoms with Gasteiger partial charge < -0.3 is 0 Å². The zero-order valence-electron chi connectivity index (χ0n) is 16.9. The summed E-state index contributed by atoms with van der Waals surface area (Å²) in [6.45, 7) is 3.29. The van der Waals surface area contributed by atoms with E-state index in [1.165, 1.54) is 4.31 Å². The lowest BCUT2D eigenvalue weighted by atomic mass is 10.1. The lowest BCUT2D eigenvalue weighted by Gasteiger charge is -2.34. The highest BCUT2D eigenvalue weighted by molar-refractivity contribution is 7.89. The van der Waals surface area contributed by atoms with Crippen LogP contribution >= 0.6 is 0 Å². The minimum absolute atomic E-state index is 0.145. The van der Waals surface area contributed by atoms with Crippen molar-refractivity contribution < 1.29 is 17.7 Å². The summed E-state index contributed by atoms with van der Waals surface area (Å²) >= 11 is 0. The average Bonchev–Trinajstić information content (AvgIpc) is 2.73. The van der Waals surface area contributed by atoms with E-state index in [1.54, 1.807) is 18.3 Å². The quantitative estimate of drug-likeness (QED) is 0.443. The molecule has 0 N–H and O–H groups in total. The molecule has 0 aliphatic carbocycles. The van der Waals surface area contributed by atoms with E-state index in [-0.39, 0.29) is 35.8 Å². The molecule has 162 valence electrons. The Morgan fingerprint density at radius 1 is 1.13 bits per heavy atom. The summed E-state index contributed by atoms with van der Waals surface area (Å²) in [4.78, 5) is 17.1. The number of benzene rings is 2. The van der Waals surface area contributed by atoms with Gasteiger partial charge >= 0.3 is 0 Å². The Balaban J connectivity index is 1.52. The smallest absolute Gasteiger partial charge is 0.274 e. The van der Waals surface area contributed by atoms with Gasteiger partial charge in [0.1, 0.15) is 10.7 Å². The van der Waals surface area contributed by atoms with E-state index >= 15 is 0 Å². The summed E-state index contributed by atoms with van der Waals surface area (Å²) < 4.78 is 41.5. The number of fused-ring (bicyclic) bond motifs is 1. The van der Waals surface area contributed by atoms with Crippen molar-refractivity contribution in [1.82, 2.24) is 14.2 Å². The molecule has 1 aromatic heterocycles. The summed E-state index contributed by atoms with van der Waals surface area (Å²) in [5, 5.41) is 12.0. The van der Waals surface area contributed by atoms with Gasteiger partial charge in [-0.3, -0.25) is 20.0 Å². The van der Waals surface area contributed by atoms with Crippen LogP contribution in [-0.2, 0) is 16.6 Å². The number of nitro groups is 1. The third-order valence-electron chi connectivity index (χ3n) is 5.39. The Morgan fingerprint density at radius 3 is 2.58 bits per heavy atom. The summed E-state index contributed by atoms with van der Waals surface area (Å²) in [7, 11) is -3.75. The predicted octanol–water partition coefficient (Wildman–Crippen LogP) is 3.10. The van der Waals surface area contributed by atoms with Crippen molar-refractivity contribution in [1.29, 1.82) is 0 Å². The Kier molecular flexibility index (Phi) is 5.69. The van der Waals surface area contributed by atoms with E-state index in [0.29, 0.717) is 18.6 Å². The highest BCUT2D eigenvalue weighted by atomic mass is 32.2. The number of aromatic nitrogens is 1. The second-order valence-electron chi connectivity index (χ2n) is 7.55. The number of piperazine rings is 1. The maximum atomic E-state index is 13.6. The minimum atomic E-state index is -3.75. The average molecular weight is 444 g/mol. The van der Waals surface area contributed by atoms with Crippen molar-refractivity contribution in [2.24, 2.45) is 0 Å². The monoisotopic (exact) mass is 444 g/mol. The zero-order chi connectivity index (χ0) is 22.2. The number of nitro benzene ring substituents is 1. The molecule has 0 spiro atoms. The van der Waals surface area contributed by atoms with Crippen molar-refractivity contribution in [3.63, 3.8) is 0 Å². The van der Waals surface area contributed by atoms with Gasteiger partial charge in [-0.2, -0.15) is 4.31 Å². The molecule has 0 saturated carbocycles. The Hall–Kier alpha value is -2.95. The maximum absolute atomic E-state index is 13.6. The molecule has 1 saturated heterocycles. The van der Waals surface area contributed by atoms with Crippen molar-refractivity contribution in [2.75, 3.05) is 26.2 Å². The molecule has 2 heterocycles. The first-order valence-corrected chi connectivity index (χ1v) is 11.2. The van der Waals surface area contributed by atoms with Gasteiger partial charge in [-0.25, -0.2) is 12.8 Å². The van der Waals surface area contributed by atoms with Gasteiger partial charge in [-0.05, 0) is 36.8 Å². The van der Waals surface area contributed by atoms with Gasteiger partial charge in [-0.15, -0.1) is 0 Å². The number of nitrogens with zero attached hydrogens (tertiary/aromatic N) is 4. The molecular weight excluding hydrogens is 423 g/mol. The SMILES string of the molecule is Cc1cnc2c(S(=O)(=O)N3CCN(Cc4cc(F)ccc4[N+](=O)[O-])CC3)cccc2c1. The van der Waals surface area contributed by atoms with Crippen LogP contribution in [0, 0.1) is 22.9 Å². The number of sulfonamides is 1. The highest BCUT2D eigenvalue weighted by Gasteiger charge is 2.31. The molecular formula is C21H21FN4O4S. The number of hydrogen-bond acceptors (Lipinski definition) is 6.